The van der Waals surface area contributed by atoms with Gasteiger partial charge in [-0.15, -0.1) is 12.4 Å². The smallest absolute Gasteiger partial charge is 0.103 e. The summed E-state index contributed by atoms with van der Waals surface area (Å²) in [5.41, 5.74) is 1.23. The van der Waals surface area contributed by atoms with E-state index in [1.54, 1.807) is 0 Å². The van der Waals surface area contributed by atoms with E-state index in [1.165, 1.54) is 69.9 Å². The molecule has 1 aromatic rings. The van der Waals surface area contributed by atoms with Crippen molar-refractivity contribution in [3.05, 3.63) is 17.7 Å². The highest BCUT2D eigenvalue weighted by Gasteiger charge is 1.97. The zero-order valence-corrected chi connectivity index (χ0v) is 13.5. The van der Waals surface area contributed by atoms with Crippen molar-refractivity contribution in [2.24, 2.45) is 0 Å². The summed E-state index contributed by atoms with van der Waals surface area (Å²) in [5, 5.41) is 0. The van der Waals surface area contributed by atoms with Gasteiger partial charge in [-0.2, -0.15) is 0 Å². The van der Waals surface area contributed by atoms with Crippen molar-refractivity contribution in [1.29, 1.82) is 0 Å². The Bertz CT molecular complexity index is 297. The Morgan fingerprint density at radius 1 is 0.895 bits per heavy atom. The number of halogens is 1. The van der Waals surface area contributed by atoms with E-state index in [4.69, 9.17) is 0 Å². The van der Waals surface area contributed by atoms with E-state index in [2.05, 4.69) is 16.9 Å². The molecule has 0 amide bonds. The summed E-state index contributed by atoms with van der Waals surface area (Å²) in [7, 11) is 0. The molecule has 0 radical (unpaired) electrons. The van der Waals surface area contributed by atoms with Crippen molar-refractivity contribution in [2.75, 3.05) is 0 Å². The first-order valence-corrected chi connectivity index (χ1v) is 7.84. The summed E-state index contributed by atoms with van der Waals surface area (Å²) in [6, 6.07) is 0. The molecule has 0 atom stereocenters. The van der Waals surface area contributed by atoms with E-state index >= 15 is 0 Å². The zero-order chi connectivity index (χ0) is 13.1. The molecule has 3 heteroatoms. The van der Waals surface area contributed by atoms with Gasteiger partial charge in [0.25, 0.3) is 0 Å². The van der Waals surface area contributed by atoms with Crippen molar-refractivity contribution < 1.29 is 0 Å². The summed E-state index contributed by atoms with van der Waals surface area (Å²) < 4.78 is 0. The Balaban J connectivity index is 0.00000324. The lowest BCUT2D eigenvalue weighted by atomic mass is 10.1. The third-order valence-electron chi connectivity index (χ3n) is 3.55. The molecule has 0 saturated heterocycles. The molecular formula is C16H31ClN2. The van der Waals surface area contributed by atoms with Crippen LogP contribution >= 0.6 is 12.4 Å². The van der Waals surface area contributed by atoms with Gasteiger partial charge >= 0.3 is 0 Å². The number of unbranched alkanes of at least 4 members (excludes halogenated alkanes) is 9. The monoisotopic (exact) mass is 286 g/mol. The first-order valence-electron chi connectivity index (χ1n) is 7.84. The Morgan fingerprint density at radius 3 is 1.89 bits per heavy atom. The van der Waals surface area contributed by atoms with Crippen LogP contribution in [0.5, 0.6) is 0 Å². The lowest BCUT2D eigenvalue weighted by molar-refractivity contribution is 0.555. The third kappa shape index (κ3) is 10.0. The largest absolute Gasteiger partial charge is 0.349 e. The van der Waals surface area contributed by atoms with Crippen LogP contribution in [-0.2, 0) is 6.42 Å². The number of imidazole rings is 1. The fourth-order valence-electron chi connectivity index (χ4n) is 2.39. The summed E-state index contributed by atoms with van der Waals surface area (Å²) in [4.78, 5) is 7.57. The van der Waals surface area contributed by atoms with Crippen molar-refractivity contribution in [1.82, 2.24) is 9.97 Å². The second-order valence-electron chi connectivity index (χ2n) is 5.41. The van der Waals surface area contributed by atoms with E-state index < -0.39 is 0 Å². The summed E-state index contributed by atoms with van der Waals surface area (Å²) >= 11 is 0. The topological polar surface area (TPSA) is 28.7 Å². The average molecular weight is 287 g/mol. The predicted octanol–water partition coefficient (Wildman–Crippen LogP) is 5.60. The lowest BCUT2D eigenvalue weighted by Gasteiger charge is -2.01. The fraction of sp³-hybridized carbons (Fsp3) is 0.812. The quantitative estimate of drug-likeness (QED) is 0.527. The lowest BCUT2D eigenvalue weighted by Crippen LogP contribution is -1.87. The van der Waals surface area contributed by atoms with Gasteiger partial charge in [-0.3, -0.25) is 0 Å². The molecular weight excluding hydrogens is 256 g/mol. The Hall–Kier alpha value is -0.500. The highest BCUT2D eigenvalue weighted by molar-refractivity contribution is 5.85. The first kappa shape index (κ1) is 18.5. The number of aromatic amines is 1. The highest BCUT2D eigenvalue weighted by Crippen LogP contribution is 2.11. The van der Waals surface area contributed by atoms with Crippen LogP contribution in [-0.4, -0.2) is 9.97 Å². The fourth-order valence-corrected chi connectivity index (χ4v) is 2.39. The second-order valence-corrected chi connectivity index (χ2v) is 5.41. The first-order chi connectivity index (χ1) is 8.83. The predicted molar refractivity (Wildman–Crippen MR) is 86.1 cm³/mol. The molecule has 0 fully saturated rings. The van der Waals surface area contributed by atoms with Crippen LogP contribution in [0, 0.1) is 6.92 Å². The molecule has 0 aliphatic heterocycles. The molecule has 0 aliphatic rings. The maximum absolute atomic E-state index is 4.43. The van der Waals surface area contributed by atoms with Crippen LogP contribution in [0.3, 0.4) is 0 Å². The van der Waals surface area contributed by atoms with E-state index in [0.29, 0.717) is 0 Å². The van der Waals surface area contributed by atoms with Gasteiger partial charge in [0.05, 0.1) is 5.69 Å². The average Bonchev–Trinajstić information content (AvgIpc) is 2.77. The Labute approximate surface area is 125 Å². The van der Waals surface area contributed by atoms with Gasteiger partial charge in [0.15, 0.2) is 0 Å². The molecule has 19 heavy (non-hydrogen) atoms. The van der Waals surface area contributed by atoms with Crippen molar-refractivity contribution >= 4 is 12.4 Å². The van der Waals surface area contributed by atoms with Crippen molar-refractivity contribution in [3.8, 4) is 0 Å². The van der Waals surface area contributed by atoms with Crippen LogP contribution in [0.1, 0.15) is 82.7 Å². The van der Waals surface area contributed by atoms with E-state index in [1.807, 2.05) is 13.1 Å². The van der Waals surface area contributed by atoms with Gasteiger partial charge in [0.1, 0.15) is 5.82 Å². The molecule has 1 aromatic heterocycles. The van der Waals surface area contributed by atoms with E-state index in [9.17, 15) is 0 Å². The number of nitrogens with zero attached hydrogens (tertiary/aromatic N) is 1. The van der Waals surface area contributed by atoms with Gasteiger partial charge in [-0.25, -0.2) is 4.98 Å². The minimum Gasteiger partial charge on any atom is -0.349 e. The van der Waals surface area contributed by atoms with Crippen LogP contribution < -0.4 is 0 Å². The molecule has 0 aromatic carbocycles. The minimum atomic E-state index is 0. The number of H-pyrrole nitrogens is 1. The maximum Gasteiger partial charge on any atom is 0.103 e. The minimum absolute atomic E-state index is 0. The Morgan fingerprint density at radius 2 is 1.42 bits per heavy atom. The van der Waals surface area contributed by atoms with Crippen LogP contribution in [0.4, 0.5) is 0 Å². The standard InChI is InChI=1S/C16H30N2.ClH/c1-3-4-5-6-7-8-9-10-11-12-13-16-14-17-15(2)18-16;/h14H,3-13H2,1-2H3,(H,17,18);1H. The molecule has 0 spiro atoms. The second kappa shape index (κ2) is 12.5. The molecule has 1 rings (SSSR count). The number of aromatic nitrogens is 2. The summed E-state index contributed by atoms with van der Waals surface area (Å²) in [6.07, 6.45) is 17.2. The number of rotatable bonds is 11. The van der Waals surface area contributed by atoms with Crippen LogP contribution in [0.2, 0.25) is 0 Å². The van der Waals surface area contributed by atoms with Gasteiger partial charge < -0.3 is 4.98 Å². The SMILES string of the molecule is CCCCCCCCCCCCc1c[nH]c(C)n1.Cl. The summed E-state index contributed by atoms with van der Waals surface area (Å²) in [5.74, 6) is 1.04. The van der Waals surface area contributed by atoms with Gasteiger partial charge in [0.2, 0.25) is 0 Å². The molecule has 0 unspecified atom stereocenters. The number of hydrogen-bond acceptors (Lipinski definition) is 1. The maximum atomic E-state index is 4.43. The molecule has 0 aliphatic carbocycles. The summed E-state index contributed by atoms with van der Waals surface area (Å²) in [6.45, 7) is 4.29. The number of aryl methyl sites for hydroxylation is 2. The Kier molecular flexibility index (Phi) is 12.2. The molecule has 112 valence electrons. The van der Waals surface area contributed by atoms with E-state index in [-0.39, 0.29) is 12.4 Å². The highest BCUT2D eigenvalue weighted by atomic mass is 35.5. The molecule has 0 bridgehead atoms. The number of nitrogens with one attached hydrogen (secondary N) is 1. The van der Waals surface area contributed by atoms with Crippen molar-refractivity contribution in [2.45, 2.75) is 84.5 Å². The van der Waals surface area contributed by atoms with Gasteiger partial charge in [0, 0.05) is 6.20 Å². The molecule has 2 nitrogen and oxygen atoms in total. The van der Waals surface area contributed by atoms with Gasteiger partial charge in [-0.1, -0.05) is 64.7 Å². The molecule has 0 saturated carbocycles. The zero-order valence-electron chi connectivity index (χ0n) is 12.7. The molecule has 1 N–H and O–H groups in total. The van der Waals surface area contributed by atoms with Crippen molar-refractivity contribution in [3.63, 3.8) is 0 Å². The normalized spacial score (nSPS) is 10.4. The third-order valence-corrected chi connectivity index (χ3v) is 3.55. The van der Waals surface area contributed by atoms with E-state index in [0.717, 1.165) is 12.2 Å². The van der Waals surface area contributed by atoms with Crippen LogP contribution in [0.15, 0.2) is 6.20 Å². The number of hydrogen-bond donors (Lipinski definition) is 1. The van der Waals surface area contributed by atoms with Crippen LogP contribution in [0.25, 0.3) is 0 Å². The van der Waals surface area contributed by atoms with Gasteiger partial charge in [-0.05, 0) is 19.8 Å². The molecule has 1 heterocycles.